The van der Waals surface area contributed by atoms with E-state index in [9.17, 15) is 5.11 Å². The van der Waals surface area contributed by atoms with Gasteiger partial charge in [0.15, 0.2) is 0 Å². The zero-order valence-electron chi connectivity index (χ0n) is 8.65. The fourth-order valence-electron chi connectivity index (χ4n) is 3.47. The zero-order chi connectivity index (χ0) is 9.20. The van der Waals surface area contributed by atoms with Crippen molar-refractivity contribution in [3.63, 3.8) is 0 Å². The highest BCUT2D eigenvalue weighted by atomic mass is 16.3. The first kappa shape index (κ1) is 8.55. The topological polar surface area (TPSA) is 20.2 Å². The van der Waals surface area contributed by atoms with Gasteiger partial charge in [-0.15, -0.1) is 0 Å². The van der Waals surface area contributed by atoms with Gasteiger partial charge in [0.1, 0.15) is 0 Å². The Morgan fingerprint density at radius 2 is 1.75 bits per heavy atom. The van der Waals surface area contributed by atoms with E-state index in [1.807, 2.05) is 6.92 Å². The molecule has 1 heteroatoms. The van der Waals surface area contributed by atoms with Crippen molar-refractivity contribution in [3.05, 3.63) is 0 Å². The number of fused-ring (bicyclic) bond motifs is 2. The van der Waals surface area contributed by atoms with Crippen LogP contribution >= 0.6 is 0 Å². The lowest BCUT2D eigenvalue weighted by Crippen LogP contribution is -2.51. The molecule has 0 aromatic carbocycles. The maximum absolute atomic E-state index is 10.5. The molecule has 0 aliphatic heterocycles. The lowest BCUT2D eigenvalue weighted by atomic mass is 9.61. The summed E-state index contributed by atoms with van der Waals surface area (Å²) in [5, 5.41) is 10.5. The SMILES string of the molecule is CC1(C)[C@@H]2CC[C@@](C)(C2)[C@@]1(C)O. The maximum Gasteiger partial charge on any atom is 0.0726 e. The minimum atomic E-state index is -0.455. The van der Waals surface area contributed by atoms with Gasteiger partial charge in [-0.3, -0.25) is 0 Å². The molecule has 3 atom stereocenters. The van der Waals surface area contributed by atoms with E-state index in [-0.39, 0.29) is 10.8 Å². The van der Waals surface area contributed by atoms with E-state index in [0.717, 1.165) is 5.92 Å². The molecule has 0 spiro atoms. The molecule has 0 heterocycles. The summed E-state index contributed by atoms with van der Waals surface area (Å²) >= 11 is 0. The number of rotatable bonds is 0. The highest BCUT2D eigenvalue weighted by Gasteiger charge is 2.65. The molecular weight excluding hydrogens is 148 g/mol. The summed E-state index contributed by atoms with van der Waals surface area (Å²) in [5.41, 5.74) is -0.135. The zero-order valence-corrected chi connectivity index (χ0v) is 8.65. The summed E-state index contributed by atoms with van der Waals surface area (Å²) in [6.07, 6.45) is 3.76. The van der Waals surface area contributed by atoms with Crippen LogP contribution in [0, 0.1) is 16.7 Å². The normalized spacial score (nSPS) is 56.2. The molecule has 2 rings (SSSR count). The Labute approximate surface area is 75.2 Å². The van der Waals surface area contributed by atoms with Gasteiger partial charge in [0.05, 0.1) is 5.60 Å². The Morgan fingerprint density at radius 3 is 2.00 bits per heavy atom. The van der Waals surface area contributed by atoms with Crippen LogP contribution in [-0.2, 0) is 0 Å². The fourth-order valence-corrected chi connectivity index (χ4v) is 3.47. The molecular formula is C11H20O. The fraction of sp³-hybridized carbons (Fsp3) is 1.00. The Hall–Kier alpha value is -0.0400. The van der Waals surface area contributed by atoms with Gasteiger partial charge in [-0.05, 0) is 42.9 Å². The Bertz CT molecular complexity index is 210. The van der Waals surface area contributed by atoms with E-state index in [0.29, 0.717) is 0 Å². The Kier molecular flexibility index (Phi) is 1.35. The van der Waals surface area contributed by atoms with Crippen LogP contribution in [-0.4, -0.2) is 10.7 Å². The van der Waals surface area contributed by atoms with Gasteiger partial charge >= 0.3 is 0 Å². The minimum absolute atomic E-state index is 0.125. The Morgan fingerprint density at radius 1 is 1.17 bits per heavy atom. The molecule has 2 aliphatic carbocycles. The van der Waals surface area contributed by atoms with Crippen LogP contribution in [0.3, 0.4) is 0 Å². The molecule has 0 saturated heterocycles. The van der Waals surface area contributed by atoms with Crippen molar-refractivity contribution >= 4 is 0 Å². The van der Waals surface area contributed by atoms with Crippen molar-refractivity contribution in [2.24, 2.45) is 16.7 Å². The molecule has 2 bridgehead atoms. The second-order valence-electron chi connectivity index (χ2n) is 5.79. The van der Waals surface area contributed by atoms with Crippen LogP contribution in [0.1, 0.15) is 47.0 Å². The van der Waals surface area contributed by atoms with E-state index in [4.69, 9.17) is 0 Å². The largest absolute Gasteiger partial charge is 0.389 e. The summed E-state index contributed by atoms with van der Waals surface area (Å²) in [5.74, 6) is 0.748. The molecule has 0 amide bonds. The van der Waals surface area contributed by atoms with Crippen molar-refractivity contribution in [2.45, 2.75) is 52.6 Å². The molecule has 2 aliphatic rings. The van der Waals surface area contributed by atoms with Crippen molar-refractivity contribution in [3.8, 4) is 0 Å². The molecule has 2 fully saturated rings. The van der Waals surface area contributed by atoms with Gasteiger partial charge in [0.25, 0.3) is 0 Å². The maximum atomic E-state index is 10.5. The third-order valence-corrected chi connectivity index (χ3v) is 5.19. The summed E-state index contributed by atoms with van der Waals surface area (Å²) in [7, 11) is 0. The summed E-state index contributed by atoms with van der Waals surface area (Å²) in [4.78, 5) is 0. The third kappa shape index (κ3) is 0.654. The van der Waals surface area contributed by atoms with Crippen LogP contribution < -0.4 is 0 Å². The third-order valence-electron chi connectivity index (χ3n) is 5.19. The highest BCUT2D eigenvalue weighted by molar-refractivity contribution is 5.15. The molecule has 0 aromatic heterocycles. The monoisotopic (exact) mass is 168 g/mol. The lowest BCUT2D eigenvalue weighted by molar-refractivity contribution is -0.128. The van der Waals surface area contributed by atoms with Gasteiger partial charge < -0.3 is 5.11 Å². The molecule has 1 nitrogen and oxygen atoms in total. The summed E-state index contributed by atoms with van der Waals surface area (Å²) in [6, 6.07) is 0. The lowest BCUT2D eigenvalue weighted by Gasteiger charge is -2.48. The molecule has 0 aromatic rings. The van der Waals surface area contributed by atoms with Gasteiger partial charge in [0, 0.05) is 0 Å². The molecule has 12 heavy (non-hydrogen) atoms. The Balaban J connectivity index is 2.46. The van der Waals surface area contributed by atoms with Crippen molar-refractivity contribution in [2.75, 3.05) is 0 Å². The van der Waals surface area contributed by atoms with Crippen LogP contribution in [0.2, 0.25) is 0 Å². The smallest absolute Gasteiger partial charge is 0.0726 e. The average Bonchev–Trinajstić information content (AvgIpc) is 2.36. The second-order valence-corrected chi connectivity index (χ2v) is 5.79. The van der Waals surface area contributed by atoms with Gasteiger partial charge in [-0.1, -0.05) is 20.8 Å². The predicted molar refractivity (Wildman–Crippen MR) is 49.9 cm³/mol. The number of hydrogen-bond donors (Lipinski definition) is 1. The van der Waals surface area contributed by atoms with E-state index in [1.54, 1.807) is 0 Å². The summed E-state index contributed by atoms with van der Waals surface area (Å²) < 4.78 is 0. The molecule has 2 saturated carbocycles. The quantitative estimate of drug-likeness (QED) is 0.589. The van der Waals surface area contributed by atoms with E-state index < -0.39 is 5.60 Å². The second kappa shape index (κ2) is 1.89. The first-order valence-corrected chi connectivity index (χ1v) is 5.04. The number of hydrogen-bond acceptors (Lipinski definition) is 1. The molecule has 1 N–H and O–H groups in total. The van der Waals surface area contributed by atoms with Crippen LogP contribution in [0.15, 0.2) is 0 Å². The van der Waals surface area contributed by atoms with Crippen LogP contribution in [0.4, 0.5) is 0 Å². The summed E-state index contributed by atoms with van der Waals surface area (Å²) in [6.45, 7) is 8.73. The molecule has 0 unspecified atom stereocenters. The highest BCUT2D eigenvalue weighted by Crippen LogP contribution is 2.67. The van der Waals surface area contributed by atoms with Gasteiger partial charge in [0.2, 0.25) is 0 Å². The molecule has 70 valence electrons. The van der Waals surface area contributed by atoms with Crippen molar-refractivity contribution in [1.82, 2.24) is 0 Å². The standard InChI is InChI=1S/C11H20O/c1-9(2)8-5-6-10(3,7-8)11(9,4)12/h8,12H,5-7H2,1-4H3/t8-,10+,11+/m1/s1. The van der Waals surface area contributed by atoms with E-state index in [1.165, 1.54) is 19.3 Å². The molecule has 0 radical (unpaired) electrons. The van der Waals surface area contributed by atoms with E-state index in [2.05, 4.69) is 20.8 Å². The van der Waals surface area contributed by atoms with Gasteiger partial charge in [-0.2, -0.15) is 0 Å². The predicted octanol–water partition coefficient (Wildman–Crippen LogP) is 2.58. The first-order chi connectivity index (χ1) is 5.31. The van der Waals surface area contributed by atoms with Crippen LogP contribution in [0.25, 0.3) is 0 Å². The van der Waals surface area contributed by atoms with Crippen molar-refractivity contribution < 1.29 is 5.11 Å². The van der Waals surface area contributed by atoms with Gasteiger partial charge in [-0.25, -0.2) is 0 Å². The first-order valence-electron chi connectivity index (χ1n) is 5.04. The van der Waals surface area contributed by atoms with Crippen molar-refractivity contribution in [1.29, 1.82) is 0 Å². The minimum Gasteiger partial charge on any atom is -0.389 e. The van der Waals surface area contributed by atoms with Crippen LogP contribution in [0.5, 0.6) is 0 Å². The number of aliphatic hydroxyl groups is 1. The average molecular weight is 168 g/mol. The van der Waals surface area contributed by atoms with E-state index >= 15 is 0 Å².